The minimum atomic E-state index is -1.01. The molecule has 0 heterocycles. The van der Waals surface area contributed by atoms with Crippen molar-refractivity contribution in [1.82, 2.24) is 0 Å². The van der Waals surface area contributed by atoms with Crippen molar-refractivity contribution in [3.05, 3.63) is 57.0 Å². The van der Waals surface area contributed by atoms with Crippen molar-refractivity contribution in [2.75, 3.05) is 0 Å². The first-order valence-electron chi connectivity index (χ1n) is 8.88. The average Bonchev–Trinajstić information content (AvgIpc) is 2.55. The summed E-state index contributed by atoms with van der Waals surface area (Å²) in [5.74, 6) is -1.19. The minimum Gasteiger partial charge on any atom is -0.478 e. The molecule has 0 atom stereocenters. The third kappa shape index (κ3) is 3.96. The molecule has 0 saturated heterocycles. The highest BCUT2D eigenvalue weighted by atomic mass is 32.1. The molecule has 1 aromatic rings. The zero-order valence-electron chi connectivity index (χ0n) is 16.4. The second-order valence-electron chi connectivity index (χ2n) is 8.52. The Bertz CT molecular complexity index is 826. The number of carbonyl (C=O) groups excluding carboxylic acids is 1. The van der Waals surface area contributed by atoms with Gasteiger partial charge in [0.1, 0.15) is 0 Å². The quantitative estimate of drug-likeness (QED) is 0.323. The van der Waals surface area contributed by atoms with Crippen molar-refractivity contribution < 1.29 is 14.7 Å². The number of Topliss-reactive ketones (excluding diaryl/α,β-unsaturated/α-hetero) is 1. The van der Waals surface area contributed by atoms with Crippen LogP contribution in [0.15, 0.2) is 34.8 Å². The van der Waals surface area contributed by atoms with E-state index in [2.05, 4.69) is 46.4 Å². The molecule has 0 fully saturated rings. The molecule has 26 heavy (non-hydrogen) atoms. The maximum atomic E-state index is 12.9. The van der Waals surface area contributed by atoms with Gasteiger partial charge < -0.3 is 5.11 Å². The SMILES string of the molecule is C/C(=C\C=C(/S)C(=O)c1cc2c(cc1C)C(C)(C)CCC2(C)C)C(=O)O. The number of hydrogen-bond donors (Lipinski definition) is 2. The molecule has 4 heteroatoms. The van der Waals surface area contributed by atoms with E-state index in [1.165, 1.54) is 30.2 Å². The third-order valence-corrected chi connectivity index (χ3v) is 5.86. The smallest absolute Gasteiger partial charge is 0.331 e. The first kappa shape index (κ1) is 20.5. The Morgan fingerprint density at radius 2 is 1.54 bits per heavy atom. The van der Waals surface area contributed by atoms with Gasteiger partial charge >= 0.3 is 5.97 Å². The number of aryl methyl sites for hydroxylation is 1. The second kappa shape index (κ2) is 7.07. The largest absolute Gasteiger partial charge is 0.478 e. The molecule has 0 spiro atoms. The zero-order chi connectivity index (χ0) is 19.9. The minimum absolute atomic E-state index is 0.0217. The Labute approximate surface area is 161 Å². The molecular formula is C22H28O3S. The van der Waals surface area contributed by atoms with Gasteiger partial charge in [-0.05, 0) is 66.4 Å². The van der Waals surface area contributed by atoms with Gasteiger partial charge in [-0.1, -0.05) is 39.8 Å². The maximum Gasteiger partial charge on any atom is 0.331 e. The molecule has 0 aromatic heterocycles. The molecular weight excluding hydrogens is 344 g/mol. The van der Waals surface area contributed by atoms with E-state index < -0.39 is 5.97 Å². The lowest BCUT2D eigenvalue weighted by molar-refractivity contribution is -0.132. The zero-order valence-corrected chi connectivity index (χ0v) is 17.3. The Morgan fingerprint density at radius 3 is 2.04 bits per heavy atom. The highest BCUT2D eigenvalue weighted by molar-refractivity contribution is 7.85. The first-order chi connectivity index (χ1) is 11.9. The molecule has 0 amide bonds. The fraction of sp³-hybridized carbons (Fsp3) is 0.455. The monoisotopic (exact) mass is 372 g/mol. The van der Waals surface area contributed by atoms with Gasteiger partial charge in [-0.2, -0.15) is 0 Å². The van der Waals surface area contributed by atoms with Gasteiger partial charge in [0.2, 0.25) is 0 Å². The summed E-state index contributed by atoms with van der Waals surface area (Å²) in [5, 5.41) is 8.93. The standard InChI is InChI=1S/C22H28O3S/c1-13(20(24)25)7-8-18(26)19(23)15-12-17-16(11-14(15)2)21(3,4)9-10-22(17,5)6/h7-8,11-12,26H,9-10H2,1-6H3,(H,24,25)/b13-7+,18-8-. The number of carboxylic acid groups (broad SMARTS) is 1. The van der Waals surface area contributed by atoms with Crippen LogP contribution in [0.5, 0.6) is 0 Å². The van der Waals surface area contributed by atoms with Crippen molar-refractivity contribution in [3.8, 4) is 0 Å². The van der Waals surface area contributed by atoms with E-state index in [1.807, 2.05) is 13.0 Å². The molecule has 0 unspecified atom stereocenters. The summed E-state index contributed by atoms with van der Waals surface area (Å²) in [7, 11) is 0. The number of thiol groups is 1. The molecule has 1 aliphatic carbocycles. The topological polar surface area (TPSA) is 54.4 Å². The van der Waals surface area contributed by atoms with Crippen molar-refractivity contribution in [3.63, 3.8) is 0 Å². The van der Waals surface area contributed by atoms with Crippen LogP contribution in [-0.2, 0) is 15.6 Å². The number of rotatable bonds is 4. The highest BCUT2D eigenvalue weighted by Gasteiger charge is 2.37. The van der Waals surface area contributed by atoms with Crippen molar-refractivity contribution >= 4 is 24.4 Å². The summed E-state index contributed by atoms with van der Waals surface area (Å²) in [6.07, 6.45) is 5.07. The van der Waals surface area contributed by atoms with E-state index in [1.54, 1.807) is 0 Å². The van der Waals surface area contributed by atoms with Gasteiger partial charge in [-0.15, -0.1) is 12.6 Å². The number of carboxylic acids is 1. The number of hydrogen-bond acceptors (Lipinski definition) is 3. The van der Waals surface area contributed by atoms with Gasteiger partial charge in [-0.25, -0.2) is 4.79 Å². The summed E-state index contributed by atoms with van der Waals surface area (Å²) >= 11 is 4.30. The first-order valence-corrected chi connectivity index (χ1v) is 9.33. The van der Waals surface area contributed by atoms with Crippen LogP contribution in [0, 0.1) is 6.92 Å². The van der Waals surface area contributed by atoms with E-state index in [-0.39, 0.29) is 27.1 Å². The van der Waals surface area contributed by atoms with Crippen molar-refractivity contribution in [2.24, 2.45) is 0 Å². The Hall–Kier alpha value is -1.81. The van der Waals surface area contributed by atoms with Gasteiger partial charge in [0.05, 0.1) is 4.91 Å². The summed E-state index contributed by atoms with van der Waals surface area (Å²) in [6, 6.07) is 4.16. The maximum absolute atomic E-state index is 12.9. The van der Waals surface area contributed by atoms with Gasteiger partial charge in [0, 0.05) is 11.1 Å². The van der Waals surface area contributed by atoms with E-state index >= 15 is 0 Å². The molecule has 1 N–H and O–H groups in total. The van der Waals surface area contributed by atoms with Crippen LogP contribution in [0.25, 0.3) is 0 Å². The van der Waals surface area contributed by atoms with Crippen LogP contribution >= 0.6 is 12.6 Å². The second-order valence-corrected chi connectivity index (χ2v) is 9.00. The van der Waals surface area contributed by atoms with Crippen LogP contribution in [0.2, 0.25) is 0 Å². The average molecular weight is 373 g/mol. The molecule has 0 saturated carbocycles. The predicted octanol–water partition coefficient (Wildman–Crippen LogP) is 5.37. The molecule has 1 aromatic carbocycles. The Balaban J connectivity index is 2.52. The highest BCUT2D eigenvalue weighted by Crippen LogP contribution is 2.46. The van der Waals surface area contributed by atoms with Crippen molar-refractivity contribution in [1.29, 1.82) is 0 Å². The van der Waals surface area contributed by atoms with Crippen molar-refractivity contribution in [2.45, 2.75) is 65.2 Å². The molecule has 0 aliphatic heterocycles. The molecule has 140 valence electrons. The lowest BCUT2D eigenvalue weighted by atomic mass is 9.62. The van der Waals surface area contributed by atoms with Gasteiger partial charge in [0.15, 0.2) is 5.78 Å². The number of aliphatic carboxylic acids is 1. The van der Waals surface area contributed by atoms with Gasteiger partial charge in [0.25, 0.3) is 0 Å². The summed E-state index contributed by atoms with van der Waals surface area (Å²) in [6.45, 7) is 12.4. The summed E-state index contributed by atoms with van der Waals surface area (Å²) < 4.78 is 0. The molecule has 2 rings (SSSR count). The normalized spacial score (nSPS) is 19.0. The fourth-order valence-corrected chi connectivity index (χ4v) is 3.65. The lowest BCUT2D eigenvalue weighted by Crippen LogP contribution is -2.34. The molecule has 1 aliphatic rings. The van der Waals surface area contributed by atoms with Crippen LogP contribution in [0.1, 0.15) is 74.5 Å². The molecule has 3 nitrogen and oxygen atoms in total. The van der Waals surface area contributed by atoms with Crippen LogP contribution in [-0.4, -0.2) is 16.9 Å². The number of allylic oxidation sites excluding steroid dienone is 3. The van der Waals surface area contributed by atoms with E-state index in [0.717, 1.165) is 18.4 Å². The van der Waals surface area contributed by atoms with E-state index in [4.69, 9.17) is 5.11 Å². The Kier molecular flexibility index (Phi) is 5.57. The van der Waals surface area contributed by atoms with E-state index in [9.17, 15) is 9.59 Å². The van der Waals surface area contributed by atoms with Gasteiger partial charge in [-0.3, -0.25) is 4.79 Å². The third-order valence-electron chi connectivity index (χ3n) is 5.50. The number of carbonyl (C=O) groups is 2. The van der Waals surface area contributed by atoms with Crippen LogP contribution < -0.4 is 0 Å². The van der Waals surface area contributed by atoms with Crippen LogP contribution in [0.4, 0.5) is 0 Å². The lowest BCUT2D eigenvalue weighted by Gasteiger charge is -2.42. The molecule has 0 bridgehead atoms. The van der Waals surface area contributed by atoms with E-state index in [0.29, 0.717) is 5.56 Å². The summed E-state index contributed by atoms with van der Waals surface area (Å²) in [5.41, 5.74) is 4.38. The summed E-state index contributed by atoms with van der Waals surface area (Å²) in [4.78, 5) is 24.0. The number of fused-ring (bicyclic) bond motifs is 1. The Morgan fingerprint density at radius 1 is 1.04 bits per heavy atom. The number of ketones is 1. The van der Waals surface area contributed by atoms with Crippen LogP contribution in [0.3, 0.4) is 0 Å². The predicted molar refractivity (Wildman–Crippen MR) is 109 cm³/mol. The fourth-order valence-electron chi connectivity index (χ4n) is 3.46. The number of benzene rings is 1. The molecule has 0 radical (unpaired) electrons.